The SMILES string of the molecule is COc1cccc(CN2CC[C@@]3(CCN(c4ncc(F)cn4)C3)C2=O)c1. The van der Waals surface area contributed by atoms with Gasteiger partial charge >= 0.3 is 0 Å². The van der Waals surface area contributed by atoms with Crippen LogP contribution in [0.15, 0.2) is 36.7 Å². The molecule has 136 valence electrons. The van der Waals surface area contributed by atoms with Crippen LogP contribution in [0.2, 0.25) is 0 Å². The van der Waals surface area contributed by atoms with Gasteiger partial charge in [0.1, 0.15) is 5.75 Å². The molecule has 0 radical (unpaired) electrons. The fourth-order valence-corrected chi connectivity index (χ4v) is 3.93. The van der Waals surface area contributed by atoms with Crippen LogP contribution in [0, 0.1) is 11.2 Å². The summed E-state index contributed by atoms with van der Waals surface area (Å²) in [5.74, 6) is 1.01. The van der Waals surface area contributed by atoms with Crippen LogP contribution in [0.1, 0.15) is 18.4 Å². The second kappa shape index (κ2) is 6.55. The smallest absolute Gasteiger partial charge is 0.231 e. The van der Waals surface area contributed by atoms with Crippen molar-refractivity contribution in [2.45, 2.75) is 19.4 Å². The zero-order valence-corrected chi connectivity index (χ0v) is 14.7. The lowest BCUT2D eigenvalue weighted by atomic mass is 9.85. The highest BCUT2D eigenvalue weighted by Gasteiger charge is 2.51. The van der Waals surface area contributed by atoms with Gasteiger partial charge in [0.25, 0.3) is 0 Å². The molecule has 2 aliphatic rings. The Labute approximate surface area is 151 Å². The van der Waals surface area contributed by atoms with Gasteiger partial charge in [-0.2, -0.15) is 0 Å². The number of methoxy groups -OCH3 is 1. The number of carbonyl (C=O) groups excluding carboxylic acids is 1. The predicted octanol–water partition coefficient (Wildman–Crippen LogP) is 2.25. The molecule has 26 heavy (non-hydrogen) atoms. The molecule has 3 heterocycles. The minimum Gasteiger partial charge on any atom is -0.497 e. The van der Waals surface area contributed by atoms with Crippen LogP contribution < -0.4 is 9.64 Å². The van der Waals surface area contributed by atoms with Gasteiger partial charge in [0.2, 0.25) is 11.9 Å². The van der Waals surface area contributed by atoms with E-state index >= 15 is 0 Å². The molecule has 2 aromatic rings. The maximum Gasteiger partial charge on any atom is 0.231 e. The summed E-state index contributed by atoms with van der Waals surface area (Å²) < 4.78 is 18.3. The average Bonchev–Trinajstić information content (AvgIpc) is 3.22. The topological polar surface area (TPSA) is 58.6 Å². The number of aromatic nitrogens is 2. The van der Waals surface area contributed by atoms with E-state index in [1.54, 1.807) is 7.11 Å². The summed E-state index contributed by atoms with van der Waals surface area (Å²) in [6.07, 6.45) is 3.94. The summed E-state index contributed by atoms with van der Waals surface area (Å²) in [5.41, 5.74) is 0.683. The minimum absolute atomic E-state index is 0.185. The monoisotopic (exact) mass is 356 g/mol. The fourth-order valence-electron chi connectivity index (χ4n) is 3.93. The number of hydrogen-bond acceptors (Lipinski definition) is 5. The molecule has 6 nitrogen and oxygen atoms in total. The van der Waals surface area contributed by atoms with Crippen molar-refractivity contribution in [2.75, 3.05) is 31.6 Å². The maximum absolute atomic E-state index is 13.1. The van der Waals surface area contributed by atoms with Gasteiger partial charge in [0.15, 0.2) is 5.82 Å². The number of halogens is 1. The Morgan fingerprint density at radius 3 is 2.77 bits per heavy atom. The molecule has 1 aromatic heterocycles. The first-order chi connectivity index (χ1) is 12.6. The van der Waals surface area contributed by atoms with E-state index in [0.29, 0.717) is 25.6 Å². The van der Waals surface area contributed by atoms with E-state index < -0.39 is 5.82 Å². The molecule has 1 amide bonds. The van der Waals surface area contributed by atoms with Gasteiger partial charge < -0.3 is 14.5 Å². The summed E-state index contributed by atoms with van der Waals surface area (Å²) >= 11 is 0. The minimum atomic E-state index is -0.455. The highest BCUT2D eigenvalue weighted by molar-refractivity contribution is 5.86. The number of hydrogen-bond donors (Lipinski definition) is 0. The molecule has 1 aromatic carbocycles. The van der Waals surface area contributed by atoms with Gasteiger partial charge in [-0.3, -0.25) is 4.79 Å². The first kappa shape index (κ1) is 16.8. The van der Waals surface area contributed by atoms with Crippen LogP contribution in [-0.4, -0.2) is 47.5 Å². The quantitative estimate of drug-likeness (QED) is 0.841. The Morgan fingerprint density at radius 1 is 1.23 bits per heavy atom. The summed E-state index contributed by atoms with van der Waals surface area (Å²) in [6.45, 7) is 2.63. The second-order valence-corrected chi connectivity index (χ2v) is 6.98. The van der Waals surface area contributed by atoms with Crippen LogP contribution in [0.4, 0.5) is 10.3 Å². The van der Waals surface area contributed by atoms with E-state index in [1.807, 2.05) is 34.1 Å². The number of nitrogens with zero attached hydrogens (tertiary/aromatic N) is 4. The van der Waals surface area contributed by atoms with Crippen molar-refractivity contribution in [2.24, 2.45) is 5.41 Å². The van der Waals surface area contributed by atoms with Crippen molar-refractivity contribution in [1.82, 2.24) is 14.9 Å². The Morgan fingerprint density at radius 2 is 2.00 bits per heavy atom. The summed E-state index contributed by atoms with van der Waals surface area (Å²) in [6, 6.07) is 7.81. The molecule has 0 aliphatic carbocycles. The van der Waals surface area contributed by atoms with E-state index in [-0.39, 0.29) is 11.3 Å². The number of amides is 1. The van der Waals surface area contributed by atoms with Gasteiger partial charge in [0, 0.05) is 26.2 Å². The van der Waals surface area contributed by atoms with E-state index in [0.717, 1.165) is 30.7 Å². The van der Waals surface area contributed by atoms with E-state index in [9.17, 15) is 9.18 Å². The molecular formula is C19H21FN4O2. The molecule has 1 atom stereocenters. The summed E-state index contributed by atoms with van der Waals surface area (Å²) in [7, 11) is 1.64. The first-order valence-electron chi connectivity index (χ1n) is 8.74. The molecule has 1 spiro atoms. The van der Waals surface area contributed by atoms with Gasteiger partial charge in [-0.1, -0.05) is 12.1 Å². The molecule has 2 aliphatic heterocycles. The molecule has 2 saturated heterocycles. The molecule has 2 fully saturated rings. The van der Waals surface area contributed by atoms with Crippen LogP contribution in [-0.2, 0) is 11.3 Å². The molecule has 0 unspecified atom stereocenters. The number of likely N-dealkylation sites (tertiary alicyclic amines) is 1. The van der Waals surface area contributed by atoms with Gasteiger partial charge in [0.05, 0.1) is 24.9 Å². The average molecular weight is 356 g/mol. The van der Waals surface area contributed by atoms with Gasteiger partial charge in [-0.05, 0) is 30.5 Å². The zero-order chi connectivity index (χ0) is 18.1. The lowest BCUT2D eigenvalue weighted by Crippen LogP contribution is -2.37. The van der Waals surface area contributed by atoms with E-state index in [2.05, 4.69) is 9.97 Å². The molecule has 0 saturated carbocycles. The molecule has 7 heteroatoms. The van der Waals surface area contributed by atoms with E-state index in [1.165, 1.54) is 12.4 Å². The molecule has 4 rings (SSSR count). The zero-order valence-electron chi connectivity index (χ0n) is 14.7. The van der Waals surface area contributed by atoms with Gasteiger partial charge in [-0.15, -0.1) is 0 Å². The van der Waals surface area contributed by atoms with Crippen molar-refractivity contribution in [1.29, 1.82) is 0 Å². The van der Waals surface area contributed by atoms with Crippen molar-refractivity contribution < 1.29 is 13.9 Å². The number of benzene rings is 1. The molecule has 0 bridgehead atoms. The number of rotatable bonds is 4. The molecule has 0 N–H and O–H groups in total. The fraction of sp³-hybridized carbons (Fsp3) is 0.421. The highest BCUT2D eigenvalue weighted by Crippen LogP contribution is 2.42. The normalized spacial score (nSPS) is 22.5. The van der Waals surface area contributed by atoms with Crippen LogP contribution in [0.5, 0.6) is 5.75 Å². The van der Waals surface area contributed by atoms with Crippen molar-refractivity contribution in [3.63, 3.8) is 0 Å². The lowest BCUT2D eigenvalue weighted by molar-refractivity contribution is -0.135. The lowest BCUT2D eigenvalue weighted by Gasteiger charge is -2.23. The molecular weight excluding hydrogens is 335 g/mol. The number of ether oxygens (including phenoxy) is 1. The Hall–Kier alpha value is -2.70. The van der Waals surface area contributed by atoms with Crippen molar-refractivity contribution in [3.05, 3.63) is 48.0 Å². The van der Waals surface area contributed by atoms with Crippen LogP contribution in [0.3, 0.4) is 0 Å². The third kappa shape index (κ3) is 2.98. The van der Waals surface area contributed by atoms with Gasteiger partial charge in [-0.25, -0.2) is 14.4 Å². The summed E-state index contributed by atoms with van der Waals surface area (Å²) in [5, 5.41) is 0. The van der Waals surface area contributed by atoms with Crippen LogP contribution in [0.25, 0.3) is 0 Å². The van der Waals surface area contributed by atoms with E-state index in [4.69, 9.17) is 4.74 Å². The Bertz CT molecular complexity index is 813. The van der Waals surface area contributed by atoms with Crippen LogP contribution >= 0.6 is 0 Å². The highest BCUT2D eigenvalue weighted by atomic mass is 19.1. The second-order valence-electron chi connectivity index (χ2n) is 6.98. The predicted molar refractivity (Wildman–Crippen MR) is 94.3 cm³/mol. The number of anilines is 1. The largest absolute Gasteiger partial charge is 0.497 e. The summed E-state index contributed by atoms with van der Waals surface area (Å²) in [4.78, 5) is 25.1. The number of carbonyl (C=O) groups is 1. The third-order valence-electron chi connectivity index (χ3n) is 5.35. The first-order valence-corrected chi connectivity index (χ1v) is 8.74. The maximum atomic E-state index is 13.1. The Balaban J connectivity index is 1.46. The third-order valence-corrected chi connectivity index (χ3v) is 5.35. The standard InChI is InChI=1S/C19H21FN4O2/c1-26-16-4-2-3-14(9-16)12-23-7-5-19(17(23)25)6-8-24(13-19)18-21-10-15(20)11-22-18/h2-4,9-11H,5-8,12-13H2,1H3/t19-/m0/s1. The van der Waals surface area contributed by atoms with Crippen molar-refractivity contribution in [3.8, 4) is 5.75 Å². The van der Waals surface area contributed by atoms with Crippen molar-refractivity contribution >= 4 is 11.9 Å². The Kier molecular flexibility index (Phi) is 4.22.